The minimum atomic E-state index is 0.116. The predicted octanol–water partition coefficient (Wildman–Crippen LogP) is 0.904. The van der Waals surface area contributed by atoms with Crippen LogP contribution in [0.2, 0.25) is 0 Å². The second kappa shape index (κ2) is 7.59. The first-order chi connectivity index (χ1) is 8.86. The van der Waals surface area contributed by atoms with Gasteiger partial charge in [-0.2, -0.15) is 0 Å². The van der Waals surface area contributed by atoms with Crippen molar-refractivity contribution < 1.29 is 9.53 Å². The van der Waals surface area contributed by atoms with Crippen molar-refractivity contribution in [3.05, 3.63) is 0 Å². The Morgan fingerprint density at radius 3 is 2.33 bits per heavy atom. The molecule has 5 heteroatoms. The first-order valence-electron chi connectivity index (χ1n) is 7.19. The van der Waals surface area contributed by atoms with E-state index < -0.39 is 0 Å². The molecule has 2 aliphatic heterocycles. The highest BCUT2D eigenvalue weighted by atomic mass is 16.5. The van der Waals surface area contributed by atoms with Crippen LogP contribution in [-0.4, -0.2) is 68.3 Å². The maximum Gasteiger partial charge on any atom is 0.317 e. The molecular formula is C13H25N3O2. The van der Waals surface area contributed by atoms with E-state index in [9.17, 15) is 4.79 Å². The van der Waals surface area contributed by atoms with Crippen molar-refractivity contribution in [1.29, 1.82) is 0 Å². The zero-order valence-corrected chi connectivity index (χ0v) is 11.2. The van der Waals surface area contributed by atoms with Crippen LogP contribution in [0.1, 0.15) is 25.7 Å². The summed E-state index contributed by atoms with van der Waals surface area (Å²) in [6.45, 7) is 7.13. The summed E-state index contributed by atoms with van der Waals surface area (Å²) in [6, 6.07) is 0.116. The van der Waals surface area contributed by atoms with Gasteiger partial charge in [0.05, 0.1) is 13.2 Å². The average molecular weight is 255 g/mol. The van der Waals surface area contributed by atoms with E-state index in [0.29, 0.717) is 0 Å². The van der Waals surface area contributed by atoms with Gasteiger partial charge in [0, 0.05) is 39.3 Å². The molecule has 2 heterocycles. The topological polar surface area (TPSA) is 44.8 Å². The van der Waals surface area contributed by atoms with Crippen molar-refractivity contribution in [2.45, 2.75) is 25.7 Å². The summed E-state index contributed by atoms with van der Waals surface area (Å²) in [4.78, 5) is 16.3. The minimum absolute atomic E-state index is 0.116. The number of amides is 2. The normalized spacial score (nSPS) is 22.6. The van der Waals surface area contributed by atoms with Gasteiger partial charge in [-0.1, -0.05) is 12.8 Å². The molecule has 0 radical (unpaired) electrons. The highest BCUT2D eigenvalue weighted by molar-refractivity contribution is 5.74. The van der Waals surface area contributed by atoms with Crippen molar-refractivity contribution in [1.82, 2.24) is 15.1 Å². The fraction of sp³-hybridized carbons (Fsp3) is 0.923. The van der Waals surface area contributed by atoms with Gasteiger partial charge in [-0.25, -0.2) is 4.79 Å². The van der Waals surface area contributed by atoms with E-state index in [2.05, 4.69) is 10.2 Å². The first kappa shape index (κ1) is 13.6. The van der Waals surface area contributed by atoms with E-state index in [1.165, 1.54) is 12.8 Å². The number of morpholine rings is 1. The molecule has 2 saturated heterocycles. The molecule has 0 saturated carbocycles. The molecule has 0 spiro atoms. The maximum atomic E-state index is 12.0. The van der Waals surface area contributed by atoms with Crippen LogP contribution in [0.4, 0.5) is 4.79 Å². The number of urea groups is 1. The summed E-state index contributed by atoms with van der Waals surface area (Å²) in [5.41, 5.74) is 0. The van der Waals surface area contributed by atoms with Crippen LogP contribution in [0.15, 0.2) is 0 Å². The highest BCUT2D eigenvalue weighted by Gasteiger charge is 2.15. The van der Waals surface area contributed by atoms with E-state index >= 15 is 0 Å². The highest BCUT2D eigenvalue weighted by Crippen LogP contribution is 2.09. The Balaban J connectivity index is 1.61. The van der Waals surface area contributed by atoms with Crippen LogP contribution >= 0.6 is 0 Å². The second-order valence-electron chi connectivity index (χ2n) is 5.09. The molecule has 2 amide bonds. The number of hydrogen-bond acceptors (Lipinski definition) is 3. The number of ether oxygens (including phenoxy) is 1. The molecule has 104 valence electrons. The maximum absolute atomic E-state index is 12.0. The molecule has 2 aliphatic rings. The number of likely N-dealkylation sites (tertiary alicyclic amines) is 1. The Morgan fingerprint density at radius 2 is 1.67 bits per heavy atom. The number of nitrogens with zero attached hydrogens (tertiary/aromatic N) is 2. The average Bonchev–Trinajstić information content (AvgIpc) is 2.69. The van der Waals surface area contributed by atoms with Crippen LogP contribution in [0, 0.1) is 0 Å². The van der Waals surface area contributed by atoms with Crippen LogP contribution in [0.5, 0.6) is 0 Å². The first-order valence-corrected chi connectivity index (χ1v) is 7.19. The van der Waals surface area contributed by atoms with Gasteiger partial charge in [-0.15, -0.1) is 0 Å². The fourth-order valence-corrected chi connectivity index (χ4v) is 2.53. The lowest BCUT2D eigenvalue weighted by Gasteiger charge is -2.27. The predicted molar refractivity (Wildman–Crippen MR) is 70.7 cm³/mol. The molecule has 1 N–H and O–H groups in total. The molecule has 0 atom stereocenters. The zero-order chi connectivity index (χ0) is 12.6. The Kier molecular flexibility index (Phi) is 5.74. The molecule has 0 aliphatic carbocycles. The Hall–Kier alpha value is -0.810. The number of hydrogen-bond donors (Lipinski definition) is 1. The molecule has 2 rings (SSSR count). The van der Waals surface area contributed by atoms with E-state index in [1.54, 1.807) is 0 Å². The fourth-order valence-electron chi connectivity index (χ4n) is 2.53. The lowest BCUT2D eigenvalue weighted by atomic mass is 10.2. The van der Waals surface area contributed by atoms with Crippen molar-refractivity contribution in [3.63, 3.8) is 0 Å². The van der Waals surface area contributed by atoms with Crippen LogP contribution in [0.25, 0.3) is 0 Å². The molecule has 0 bridgehead atoms. The Labute approximate surface area is 109 Å². The minimum Gasteiger partial charge on any atom is -0.379 e. The van der Waals surface area contributed by atoms with Crippen LogP contribution in [0.3, 0.4) is 0 Å². The van der Waals surface area contributed by atoms with Crippen molar-refractivity contribution in [2.24, 2.45) is 0 Å². The third kappa shape index (κ3) is 4.46. The van der Waals surface area contributed by atoms with Gasteiger partial charge in [-0.3, -0.25) is 4.90 Å². The zero-order valence-electron chi connectivity index (χ0n) is 11.2. The van der Waals surface area contributed by atoms with Crippen molar-refractivity contribution >= 4 is 6.03 Å². The van der Waals surface area contributed by atoms with Gasteiger partial charge in [0.1, 0.15) is 0 Å². The summed E-state index contributed by atoms with van der Waals surface area (Å²) in [7, 11) is 0. The number of rotatable bonds is 3. The SMILES string of the molecule is O=C(NCCN1CCOCC1)N1CCCCCC1. The third-order valence-corrected chi connectivity index (χ3v) is 3.70. The number of nitrogens with one attached hydrogen (secondary N) is 1. The van der Waals surface area contributed by atoms with Gasteiger partial charge in [-0.05, 0) is 12.8 Å². The monoisotopic (exact) mass is 255 g/mol. The molecule has 18 heavy (non-hydrogen) atoms. The molecule has 2 fully saturated rings. The van der Waals surface area contributed by atoms with Gasteiger partial charge < -0.3 is 15.0 Å². The largest absolute Gasteiger partial charge is 0.379 e. The van der Waals surface area contributed by atoms with Gasteiger partial charge in [0.2, 0.25) is 0 Å². The molecule has 0 unspecified atom stereocenters. The lowest BCUT2D eigenvalue weighted by Crippen LogP contribution is -2.45. The number of carbonyl (C=O) groups excluding carboxylic acids is 1. The molecular weight excluding hydrogens is 230 g/mol. The van der Waals surface area contributed by atoms with Gasteiger partial charge in [0.25, 0.3) is 0 Å². The van der Waals surface area contributed by atoms with Crippen molar-refractivity contribution in [2.75, 3.05) is 52.5 Å². The van der Waals surface area contributed by atoms with E-state index in [1.807, 2.05) is 4.90 Å². The summed E-state index contributed by atoms with van der Waals surface area (Å²) >= 11 is 0. The van der Waals surface area contributed by atoms with Crippen LogP contribution < -0.4 is 5.32 Å². The second-order valence-corrected chi connectivity index (χ2v) is 5.09. The van der Waals surface area contributed by atoms with E-state index in [-0.39, 0.29) is 6.03 Å². The van der Waals surface area contributed by atoms with Gasteiger partial charge >= 0.3 is 6.03 Å². The third-order valence-electron chi connectivity index (χ3n) is 3.70. The Bertz CT molecular complexity index is 247. The standard InChI is InChI=1S/C13H25N3O2/c17-13(16-6-3-1-2-4-7-16)14-5-8-15-9-11-18-12-10-15/h1-12H2,(H,14,17). The van der Waals surface area contributed by atoms with E-state index in [4.69, 9.17) is 4.74 Å². The Morgan fingerprint density at radius 1 is 1.00 bits per heavy atom. The summed E-state index contributed by atoms with van der Waals surface area (Å²) in [5.74, 6) is 0. The molecule has 5 nitrogen and oxygen atoms in total. The molecule has 0 aromatic heterocycles. The summed E-state index contributed by atoms with van der Waals surface area (Å²) in [6.07, 6.45) is 4.82. The van der Waals surface area contributed by atoms with E-state index in [0.717, 1.165) is 65.3 Å². The van der Waals surface area contributed by atoms with Gasteiger partial charge in [0.15, 0.2) is 0 Å². The lowest BCUT2D eigenvalue weighted by molar-refractivity contribution is 0.0386. The number of carbonyl (C=O) groups is 1. The van der Waals surface area contributed by atoms with Crippen molar-refractivity contribution in [3.8, 4) is 0 Å². The molecule has 0 aromatic rings. The smallest absolute Gasteiger partial charge is 0.317 e. The summed E-state index contributed by atoms with van der Waals surface area (Å²) < 4.78 is 5.30. The van der Waals surface area contributed by atoms with Crippen LogP contribution in [-0.2, 0) is 4.74 Å². The quantitative estimate of drug-likeness (QED) is 0.815. The summed E-state index contributed by atoms with van der Waals surface area (Å²) in [5, 5.41) is 3.03. The molecule has 0 aromatic carbocycles.